The number of benzene rings is 2. The van der Waals surface area contributed by atoms with Gasteiger partial charge in [0, 0.05) is 14.3 Å². The Balaban J connectivity index is 2.28. The molecule has 0 amide bonds. The van der Waals surface area contributed by atoms with Crippen LogP contribution in [0.1, 0.15) is 0 Å². The Bertz CT molecular complexity index is 719. The molecule has 3 rings (SSSR count). The second-order valence-corrected chi connectivity index (χ2v) is 5.60. The van der Waals surface area contributed by atoms with Crippen LogP contribution in [-0.2, 0) is 0 Å². The lowest BCUT2D eigenvalue weighted by molar-refractivity contribution is 1.11. The van der Waals surface area contributed by atoms with E-state index in [2.05, 4.69) is 27.6 Å². The molecule has 0 spiro atoms. The molecule has 0 unspecified atom stereocenters. The van der Waals surface area contributed by atoms with E-state index in [1.807, 2.05) is 47.0 Å². The summed E-state index contributed by atoms with van der Waals surface area (Å²) < 4.78 is 3.06. The Morgan fingerprint density at radius 3 is 2.56 bits per heavy atom. The number of hydrogen-bond donors (Lipinski definition) is 1. The van der Waals surface area contributed by atoms with E-state index in [1.165, 1.54) is 0 Å². The number of anilines is 1. The number of nitrogen functional groups attached to an aromatic ring is 1. The van der Waals surface area contributed by atoms with Crippen molar-refractivity contribution in [2.45, 2.75) is 0 Å². The molecule has 90 valence electrons. The van der Waals surface area contributed by atoms with E-state index < -0.39 is 0 Å². The van der Waals surface area contributed by atoms with Crippen LogP contribution in [0.2, 0.25) is 5.02 Å². The topological polar surface area (TPSA) is 43.8 Å². The van der Waals surface area contributed by atoms with Crippen molar-refractivity contribution in [3.63, 3.8) is 0 Å². The van der Waals surface area contributed by atoms with Crippen LogP contribution in [0.25, 0.3) is 16.7 Å². The smallest absolute Gasteiger partial charge is 0.205 e. The van der Waals surface area contributed by atoms with Gasteiger partial charge in [-0.2, -0.15) is 0 Å². The predicted octanol–water partition coefficient (Wildman–Crippen LogP) is 3.87. The highest BCUT2D eigenvalue weighted by atomic mass is 127. The SMILES string of the molecule is Nc1nc2cc(I)ccc2n1-c1ccc(Cl)cc1. The quantitative estimate of drug-likeness (QED) is 0.662. The van der Waals surface area contributed by atoms with Gasteiger partial charge in [-0.05, 0) is 65.1 Å². The molecule has 2 aromatic carbocycles. The first-order valence-corrected chi connectivity index (χ1v) is 6.80. The van der Waals surface area contributed by atoms with E-state index >= 15 is 0 Å². The monoisotopic (exact) mass is 369 g/mol. The highest BCUT2D eigenvalue weighted by Gasteiger charge is 2.09. The van der Waals surface area contributed by atoms with E-state index in [1.54, 1.807) is 0 Å². The molecule has 1 heterocycles. The molecule has 0 fully saturated rings. The molecule has 0 aliphatic heterocycles. The van der Waals surface area contributed by atoms with Gasteiger partial charge in [0.1, 0.15) is 0 Å². The second-order valence-electron chi connectivity index (χ2n) is 3.91. The van der Waals surface area contributed by atoms with Gasteiger partial charge in [-0.1, -0.05) is 11.6 Å². The first-order chi connectivity index (χ1) is 8.65. The van der Waals surface area contributed by atoms with E-state index in [0.717, 1.165) is 20.3 Å². The fourth-order valence-electron chi connectivity index (χ4n) is 1.93. The number of nitrogens with two attached hydrogens (primary N) is 1. The predicted molar refractivity (Wildman–Crippen MR) is 83.2 cm³/mol. The van der Waals surface area contributed by atoms with Crippen LogP contribution in [0.15, 0.2) is 42.5 Å². The van der Waals surface area contributed by atoms with Crippen LogP contribution in [0, 0.1) is 3.57 Å². The van der Waals surface area contributed by atoms with Crippen LogP contribution < -0.4 is 5.73 Å². The van der Waals surface area contributed by atoms with Gasteiger partial charge in [-0.3, -0.25) is 4.57 Å². The van der Waals surface area contributed by atoms with Gasteiger partial charge in [-0.25, -0.2) is 4.98 Å². The molecule has 0 radical (unpaired) electrons. The molecule has 18 heavy (non-hydrogen) atoms. The summed E-state index contributed by atoms with van der Waals surface area (Å²) in [5.41, 5.74) is 8.84. The number of nitrogens with zero attached hydrogens (tertiary/aromatic N) is 2. The van der Waals surface area contributed by atoms with Gasteiger partial charge in [0.2, 0.25) is 5.95 Å². The summed E-state index contributed by atoms with van der Waals surface area (Å²) in [5, 5.41) is 0.705. The maximum absolute atomic E-state index is 5.99. The van der Waals surface area contributed by atoms with Gasteiger partial charge < -0.3 is 5.73 Å². The molecule has 2 N–H and O–H groups in total. The van der Waals surface area contributed by atoms with Crippen molar-refractivity contribution in [1.29, 1.82) is 0 Å². The minimum Gasteiger partial charge on any atom is -0.369 e. The van der Waals surface area contributed by atoms with E-state index in [4.69, 9.17) is 17.3 Å². The number of halogens is 2. The summed E-state index contributed by atoms with van der Waals surface area (Å²) in [5.74, 6) is 0.481. The van der Waals surface area contributed by atoms with Crippen LogP contribution in [0.3, 0.4) is 0 Å². The first kappa shape index (κ1) is 11.8. The Morgan fingerprint density at radius 2 is 1.83 bits per heavy atom. The van der Waals surface area contributed by atoms with Crippen molar-refractivity contribution in [3.8, 4) is 5.69 Å². The minimum absolute atomic E-state index is 0.481. The summed E-state index contributed by atoms with van der Waals surface area (Å²) in [4.78, 5) is 4.38. The average Bonchev–Trinajstić information content (AvgIpc) is 2.65. The van der Waals surface area contributed by atoms with E-state index in [-0.39, 0.29) is 0 Å². The zero-order valence-corrected chi connectivity index (χ0v) is 12.2. The molecular weight excluding hydrogens is 361 g/mol. The average molecular weight is 370 g/mol. The molecular formula is C13H9ClIN3. The summed E-state index contributed by atoms with van der Waals surface area (Å²) in [6.07, 6.45) is 0. The lowest BCUT2D eigenvalue weighted by atomic mass is 10.3. The Morgan fingerprint density at radius 1 is 1.11 bits per heavy atom. The summed E-state index contributed by atoms with van der Waals surface area (Å²) in [6, 6.07) is 13.6. The lowest BCUT2D eigenvalue weighted by Gasteiger charge is -2.06. The molecule has 3 aromatic rings. The summed E-state index contributed by atoms with van der Waals surface area (Å²) in [7, 11) is 0. The summed E-state index contributed by atoms with van der Waals surface area (Å²) >= 11 is 8.16. The number of aromatic nitrogens is 2. The lowest BCUT2D eigenvalue weighted by Crippen LogP contribution is -2.00. The van der Waals surface area contributed by atoms with Crippen molar-refractivity contribution >= 4 is 51.2 Å². The van der Waals surface area contributed by atoms with Gasteiger partial charge in [0.25, 0.3) is 0 Å². The maximum atomic E-state index is 5.99. The first-order valence-electron chi connectivity index (χ1n) is 5.34. The molecule has 0 aliphatic carbocycles. The molecule has 0 atom stereocenters. The zero-order chi connectivity index (χ0) is 12.7. The summed E-state index contributed by atoms with van der Waals surface area (Å²) in [6.45, 7) is 0. The molecule has 1 aromatic heterocycles. The largest absolute Gasteiger partial charge is 0.369 e. The van der Waals surface area contributed by atoms with E-state index in [9.17, 15) is 0 Å². The molecule has 0 saturated carbocycles. The standard InChI is InChI=1S/C13H9ClIN3/c14-8-1-4-10(5-2-8)18-12-6-3-9(15)7-11(12)17-13(18)16/h1-7H,(H2,16,17). The molecule has 0 saturated heterocycles. The Hall–Kier alpha value is -1.27. The van der Waals surface area contributed by atoms with Crippen molar-refractivity contribution in [2.24, 2.45) is 0 Å². The van der Waals surface area contributed by atoms with Crippen molar-refractivity contribution in [2.75, 3.05) is 5.73 Å². The maximum Gasteiger partial charge on any atom is 0.205 e. The number of imidazole rings is 1. The third kappa shape index (κ3) is 1.95. The van der Waals surface area contributed by atoms with Gasteiger partial charge in [0.15, 0.2) is 0 Å². The van der Waals surface area contributed by atoms with Gasteiger partial charge in [0.05, 0.1) is 11.0 Å². The van der Waals surface area contributed by atoms with Crippen LogP contribution in [0.4, 0.5) is 5.95 Å². The normalized spacial score (nSPS) is 11.0. The van der Waals surface area contributed by atoms with Crippen LogP contribution in [0.5, 0.6) is 0 Å². The number of hydrogen-bond acceptors (Lipinski definition) is 2. The number of fused-ring (bicyclic) bond motifs is 1. The molecule has 5 heteroatoms. The van der Waals surface area contributed by atoms with Crippen molar-refractivity contribution in [3.05, 3.63) is 51.1 Å². The third-order valence-corrected chi connectivity index (χ3v) is 3.65. The van der Waals surface area contributed by atoms with Crippen molar-refractivity contribution < 1.29 is 0 Å². The Kier molecular flexibility index (Phi) is 2.91. The van der Waals surface area contributed by atoms with Crippen LogP contribution >= 0.6 is 34.2 Å². The highest BCUT2D eigenvalue weighted by molar-refractivity contribution is 14.1. The fraction of sp³-hybridized carbons (Fsp3) is 0. The van der Waals surface area contributed by atoms with E-state index in [0.29, 0.717) is 11.0 Å². The van der Waals surface area contributed by atoms with Gasteiger partial charge >= 0.3 is 0 Å². The third-order valence-electron chi connectivity index (χ3n) is 2.73. The van der Waals surface area contributed by atoms with Crippen molar-refractivity contribution in [1.82, 2.24) is 9.55 Å². The highest BCUT2D eigenvalue weighted by Crippen LogP contribution is 2.25. The van der Waals surface area contributed by atoms with Crippen LogP contribution in [-0.4, -0.2) is 9.55 Å². The minimum atomic E-state index is 0.481. The molecule has 0 bridgehead atoms. The number of rotatable bonds is 1. The Labute approximate surface area is 123 Å². The zero-order valence-electron chi connectivity index (χ0n) is 9.27. The fourth-order valence-corrected chi connectivity index (χ4v) is 2.53. The molecule has 0 aliphatic rings. The second kappa shape index (κ2) is 4.44. The molecule has 3 nitrogen and oxygen atoms in total. The van der Waals surface area contributed by atoms with Gasteiger partial charge in [-0.15, -0.1) is 0 Å².